The molecular weight excluding hydrogens is 1540 g/mol. The maximum absolute atomic E-state index is 14.0. The summed E-state index contributed by atoms with van der Waals surface area (Å²) in [5.41, 5.74) is 7.12. The number of carbonyl (C=O) groups is 8. The predicted octanol–water partition coefficient (Wildman–Crippen LogP) is 8.11. The average molecular weight is 1640 g/mol. The Hall–Kier alpha value is -13.4. The van der Waals surface area contributed by atoms with Crippen molar-refractivity contribution in [2.45, 2.75) is 45.4 Å². The van der Waals surface area contributed by atoms with Gasteiger partial charge in [0.15, 0.2) is 34.5 Å². The molecule has 0 aliphatic carbocycles. The molecule has 1 fully saturated rings. The summed E-state index contributed by atoms with van der Waals surface area (Å²) in [5.74, 6) is -2.15. The van der Waals surface area contributed by atoms with Crippen LogP contribution in [-0.4, -0.2) is 223 Å². The molecule has 35 nitrogen and oxygen atoms in total. The molecule has 8 aromatic heterocycles. The highest BCUT2D eigenvalue weighted by Gasteiger charge is 2.36. The smallest absolute Gasteiger partial charge is 0.292 e. The third-order valence-corrected chi connectivity index (χ3v) is 21.3. The fraction of sp³-hybridized carbons (Fsp3) is 0.325. The third-order valence-electron chi connectivity index (χ3n) is 21.0. The van der Waals surface area contributed by atoms with Crippen LogP contribution < -0.4 is 58.2 Å². The largest absolute Gasteiger partial charge is 0.507 e. The lowest BCUT2D eigenvalue weighted by Crippen LogP contribution is -2.47. The van der Waals surface area contributed by atoms with E-state index >= 15 is 0 Å². The second-order valence-electron chi connectivity index (χ2n) is 30.2. The minimum atomic E-state index is -0.649. The molecule has 1 saturated heterocycles. The molecule has 119 heavy (non-hydrogen) atoms. The van der Waals surface area contributed by atoms with Crippen LogP contribution in [0.4, 0.5) is 46.2 Å². The Morgan fingerprint density at radius 2 is 1.13 bits per heavy atom. The number of H-pyrrole nitrogens is 1. The molecule has 2 aliphatic heterocycles. The molecule has 0 saturated carbocycles. The number of phenols is 1. The van der Waals surface area contributed by atoms with E-state index in [0.29, 0.717) is 48.1 Å². The van der Waals surface area contributed by atoms with Gasteiger partial charge in [0.25, 0.3) is 35.4 Å². The number of hydrogen-bond acceptors (Lipinski definition) is 20. The molecule has 0 bridgehead atoms. The lowest BCUT2D eigenvalue weighted by Gasteiger charge is -2.34. The number of carbonyl (C=O) groups excluding carboxylic acids is 8. The summed E-state index contributed by atoms with van der Waals surface area (Å²) >= 11 is 6.45. The van der Waals surface area contributed by atoms with Gasteiger partial charge in [0.1, 0.15) is 11.4 Å². The fourth-order valence-electron chi connectivity index (χ4n) is 15.2. The van der Waals surface area contributed by atoms with Gasteiger partial charge in [0.05, 0.1) is 22.1 Å². The van der Waals surface area contributed by atoms with Crippen LogP contribution in [0.3, 0.4) is 0 Å². The highest BCUT2D eigenvalue weighted by molar-refractivity contribution is 6.20. The molecule has 10 heterocycles. The standard InChI is InChI=1S/C56H58ClN11O5.C27H36N14O5/c1-34-9-12-39-41(27-34)50-37(31-57)32-68(46(50)30-47(39)69)56(73)44-29-36-28-38(11-14-42(36)61-44)60-55(72)54-63-48(33-64(54)2)62-49(70)15-19-58-17-5-20-65-23-25-66(26-24-65)21-6-18-59-43-13-10-35-16-22-67-45-8-4-3-7-40(45)53(71)51(43)52(35)67;1-15(42)29-16-11-39(5)21(30-16)25(44)35-18-13-41(7)23(32-18)27(46)36-19-14-40(6)22(33-19)26(45)34-17-12-38(4)20(31-17)24(43)28-9-8-10-37(2)3/h3-4,7-14,16,22,27-30,33,37,58-59,61,69H,5-6,15,17-21,23-26,31-32H2,1-2H3,(H,60,72)(H,62,70);11-14H,8-10H2,1-7H3,(H,28,43)(H,29,42)(H,34,45)(H,35,44)(H,36,46). The first kappa shape index (κ1) is 82.2. The second-order valence-corrected chi connectivity index (χ2v) is 30.5. The van der Waals surface area contributed by atoms with Crippen molar-refractivity contribution in [1.29, 1.82) is 0 Å². The number of rotatable bonds is 29. The van der Waals surface area contributed by atoms with Gasteiger partial charge in [0, 0.05) is 194 Å². The number of aromatic amines is 1. The molecule has 2 aliphatic rings. The first-order valence-corrected chi connectivity index (χ1v) is 39.6. The molecular formula is C83H94ClN25O10. The van der Waals surface area contributed by atoms with Crippen LogP contribution in [0.5, 0.6) is 5.75 Å². The summed E-state index contributed by atoms with van der Waals surface area (Å²) in [7, 11) is 12.0. The van der Waals surface area contributed by atoms with E-state index in [9.17, 15) is 48.3 Å². The monoisotopic (exact) mass is 1640 g/mol. The number of benzene rings is 5. The number of phenolic OH excluding ortho intramolecular Hbond substituents is 1. The number of para-hydroxylation sites is 1. The van der Waals surface area contributed by atoms with Crippen molar-refractivity contribution in [3.63, 3.8) is 0 Å². The van der Waals surface area contributed by atoms with Gasteiger partial charge in [0.2, 0.25) is 40.9 Å². The first-order chi connectivity index (χ1) is 57.2. The molecule has 36 heteroatoms. The Labute approximate surface area is 687 Å². The lowest BCUT2D eigenvalue weighted by molar-refractivity contribution is -0.116. The Kier molecular flexibility index (Phi) is 24.6. The number of amides is 8. The minimum Gasteiger partial charge on any atom is -0.507 e. The third kappa shape index (κ3) is 18.4. The minimum absolute atomic E-state index is 0.0144. The zero-order chi connectivity index (χ0) is 84.0. The van der Waals surface area contributed by atoms with Crippen LogP contribution in [0.25, 0.3) is 48.9 Å². The van der Waals surface area contributed by atoms with Gasteiger partial charge in [-0.15, -0.1) is 11.6 Å². The van der Waals surface area contributed by atoms with Crippen molar-refractivity contribution in [1.82, 2.24) is 82.5 Å². The molecule has 1 atom stereocenters. The van der Waals surface area contributed by atoms with Crippen molar-refractivity contribution < 1.29 is 43.5 Å². The summed E-state index contributed by atoms with van der Waals surface area (Å²) in [6.07, 6.45) is 12.5. The lowest BCUT2D eigenvalue weighted by atomic mass is 9.94. The first-order valence-electron chi connectivity index (χ1n) is 39.1. The number of aromatic hydroxyl groups is 1. The Morgan fingerprint density at radius 3 is 1.72 bits per heavy atom. The van der Waals surface area contributed by atoms with Crippen LogP contribution in [0, 0.1) is 6.92 Å². The van der Waals surface area contributed by atoms with Gasteiger partial charge >= 0.3 is 0 Å². The van der Waals surface area contributed by atoms with E-state index in [-0.39, 0.29) is 105 Å². The molecule has 13 aromatic rings. The van der Waals surface area contributed by atoms with Gasteiger partial charge in [-0.1, -0.05) is 42.0 Å². The van der Waals surface area contributed by atoms with Crippen LogP contribution in [0.1, 0.15) is 113 Å². The number of fused-ring (bicyclic) bond motifs is 6. The van der Waals surface area contributed by atoms with Gasteiger partial charge in [-0.25, -0.2) is 24.9 Å². The van der Waals surface area contributed by atoms with E-state index in [1.54, 1.807) is 81.2 Å². The Bertz CT molecular complexity index is 6120. The van der Waals surface area contributed by atoms with E-state index in [1.165, 1.54) is 50.0 Å². The molecule has 11 N–H and O–H groups in total. The predicted molar refractivity (Wildman–Crippen MR) is 458 cm³/mol. The summed E-state index contributed by atoms with van der Waals surface area (Å²) < 4.78 is 9.45. The van der Waals surface area contributed by atoms with E-state index in [2.05, 4.69) is 104 Å². The molecule has 1 unspecified atom stereocenters. The number of alkyl halides is 1. The maximum atomic E-state index is 14.0. The average Bonchev–Trinajstić information content (AvgIpc) is 1.65. The quantitative estimate of drug-likeness (QED) is 0.0120. The van der Waals surface area contributed by atoms with Crippen LogP contribution >= 0.6 is 11.6 Å². The van der Waals surface area contributed by atoms with Gasteiger partial charge in [-0.05, 0) is 126 Å². The number of nitrogens with zero attached hydrogens (tertiary/aromatic N) is 15. The molecule has 0 radical (unpaired) electrons. The van der Waals surface area contributed by atoms with Crippen molar-refractivity contribution in [3.8, 4) is 5.75 Å². The van der Waals surface area contributed by atoms with Crippen molar-refractivity contribution in [2.24, 2.45) is 35.2 Å². The van der Waals surface area contributed by atoms with Crippen molar-refractivity contribution >= 4 is 154 Å². The van der Waals surface area contributed by atoms with Gasteiger partial charge < -0.3 is 105 Å². The van der Waals surface area contributed by atoms with Crippen molar-refractivity contribution in [2.75, 3.05) is 141 Å². The zero-order valence-corrected chi connectivity index (χ0v) is 68.2. The summed E-state index contributed by atoms with van der Waals surface area (Å²) in [6, 6.07) is 28.6. The summed E-state index contributed by atoms with van der Waals surface area (Å²) in [6.45, 7) is 13.2. The summed E-state index contributed by atoms with van der Waals surface area (Å²) in [4.78, 5) is 149. The molecule has 618 valence electrons. The van der Waals surface area contributed by atoms with E-state index in [0.717, 1.165) is 138 Å². The number of nitrogens with one attached hydrogen (secondary N) is 10. The van der Waals surface area contributed by atoms with E-state index < -0.39 is 23.6 Å². The van der Waals surface area contributed by atoms with Crippen molar-refractivity contribution in [3.05, 3.63) is 184 Å². The number of anilines is 8. The Balaban J connectivity index is 0.000000218. The highest BCUT2D eigenvalue weighted by Crippen LogP contribution is 2.46. The van der Waals surface area contributed by atoms with E-state index in [1.807, 2.05) is 80.6 Å². The van der Waals surface area contributed by atoms with Gasteiger partial charge in [-0.2, -0.15) is 0 Å². The van der Waals surface area contributed by atoms with Gasteiger partial charge in [-0.3, -0.25) is 43.2 Å². The molecule has 15 rings (SSSR count). The Morgan fingerprint density at radius 1 is 0.571 bits per heavy atom. The zero-order valence-electron chi connectivity index (χ0n) is 67.4. The molecule has 8 amide bonds. The summed E-state index contributed by atoms with van der Waals surface area (Å²) in [5, 5.41) is 41.6. The highest BCUT2D eigenvalue weighted by atomic mass is 35.5. The number of halogens is 1. The number of aryl methyl sites for hydroxylation is 6. The van der Waals surface area contributed by atoms with Crippen LogP contribution in [0.2, 0.25) is 0 Å². The number of hydrogen-bond donors (Lipinski definition) is 11. The second kappa shape index (κ2) is 35.6. The number of piperazine rings is 1. The van der Waals surface area contributed by atoms with Crippen LogP contribution in [-0.2, 0) is 44.8 Å². The van der Waals surface area contributed by atoms with Crippen LogP contribution in [0.15, 0.2) is 133 Å². The SMILES string of the molecule is CC(=O)Nc1cn(C)c(C(=O)Nc2cn(C)c(C(=O)Nc3cn(C)c(C(=O)Nc4cn(C)c(C(=O)NCCCN(C)C)n4)n3)n2)n1.Cc1ccc2c(O)cc3c(c2c1)C(CCl)CN3C(=O)c1cc2cc(NC(=O)c3nc(NC(=O)CCNCCCN4CCN(CCCNc5ccc6ccn7c8ccccc8c(=O)c5c67)CC4)cn3C)ccc2[nH]1. The van der Waals surface area contributed by atoms with E-state index in [4.69, 9.17) is 11.6 Å². The number of imidazole rings is 5. The maximum Gasteiger partial charge on any atom is 0.292 e. The topological polar surface area (TPSA) is 404 Å². The molecule has 0 spiro atoms. The number of aromatic nitrogens is 12. The number of pyridine rings is 1. The normalized spacial score (nSPS) is 13.6. The fourth-order valence-corrected chi connectivity index (χ4v) is 15.4. The molecule has 5 aromatic carbocycles.